The summed E-state index contributed by atoms with van der Waals surface area (Å²) in [5, 5.41) is 9.24. The minimum absolute atomic E-state index is 0.0646. The third-order valence-corrected chi connectivity index (χ3v) is 3.14. The maximum absolute atomic E-state index is 11.3. The predicted octanol–water partition coefficient (Wildman–Crippen LogP) is 0.768. The van der Waals surface area contributed by atoms with Gasteiger partial charge >= 0.3 is 5.97 Å². The first kappa shape index (κ1) is 12.6. The van der Waals surface area contributed by atoms with Crippen LogP contribution in [0.5, 0.6) is 5.88 Å². The fourth-order valence-electron chi connectivity index (χ4n) is 2.18. The van der Waals surface area contributed by atoms with Crippen molar-refractivity contribution in [2.24, 2.45) is 0 Å². The Balaban J connectivity index is 2.26. The summed E-state index contributed by atoms with van der Waals surface area (Å²) < 4.78 is 10.3. The smallest absolute Gasteiger partial charge is 0.326 e. The zero-order chi connectivity index (χ0) is 13.1. The fourth-order valence-corrected chi connectivity index (χ4v) is 2.18. The lowest BCUT2D eigenvalue weighted by Crippen LogP contribution is -2.36. The van der Waals surface area contributed by atoms with Crippen molar-refractivity contribution < 1.29 is 19.4 Å². The molecule has 1 aliphatic rings. The van der Waals surface area contributed by atoms with E-state index in [2.05, 4.69) is 4.98 Å². The van der Waals surface area contributed by atoms with Crippen molar-refractivity contribution in [3.63, 3.8) is 0 Å². The number of carboxylic acid groups (broad SMARTS) is 1. The van der Waals surface area contributed by atoms with Crippen molar-refractivity contribution in [2.75, 3.05) is 25.7 Å². The van der Waals surface area contributed by atoms with Crippen LogP contribution in [-0.4, -0.2) is 49.0 Å². The van der Waals surface area contributed by atoms with E-state index in [-0.39, 0.29) is 6.10 Å². The van der Waals surface area contributed by atoms with E-state index in [4.69, 9.17) is 9.47 Å². The molecule has 6 heteroatoms. The summed E-state index contributed by atoms with van der Waals surface area (Å²) in [5.41, 5.74) is 0.786. The van der Waals surface area contributed by atoms with Crippen LogP contribution >= 0.6 is 0 Å². The van der Waals surface area contributed by atoms with Crippen LogP contribution in [0.4, 0.5) is 5.69 Å². The molecule has 6 nitrogen and oxygen atoms in total. The number of carbonyl (C=O) groups is 1. The van der Waals surface area contributed by atoms with E-state index in [0.29, 0.717) is 18.8 Å². The van der Waals surface area contributed by atoms with Crippen molar-refractivity contribution in [1.82, 2.24) is 4.98 Å². The third-order valence-electron chi connectivity index (χ3n) is 3.14. The molecule has 0 aliphatic carbocycles. The molecule has 0 aromatic carbocycles. The quantitative estimate of drug-likeness (QED) is 0.853. The van der Waals surface area contributed by atoms with E-state index in [1.165, 1.54) is 7.11 Å². The van der Waals surface area contributed by atoms with Gasteiger partial charge in [-0.2, -0.15) is 0 Å². The summed E-state index contributed by atoms with van der Waals surface area (Å²) in [6, 6.07) is 2.94. The number of aromatic nitrogens is 1. The molecule has 0 spiro atoms. The minimum atomic E-state index is -0.842. The Kier molecular flexibility index (Phi) is 3.66. The largest absolute Gasteiger partial charge is 0.481 e. The molecule has 0 radical (unpaired) electrons. The summed E-state index contributed by atoms with van der Waals surface area (Å²) in [6.07, 6.45) is 2.02. The number of hydrogen-bond acceptors (Lipinski definition) is 5. The van der Waals surface area contributed by atoms with Gasteiger partial charge in [-0.15, -0.1) is 0 Å². The normalized spacial score (nSPS) is 23.1. The number of pyridine rings is 1. The van der Waals surface area contributed by atoms with E-state index in [1.807, 2.05) is 0 Å². The predicted molar refractivity (Wildman–Crippen MR) is 65.0 cm³/mol. The zero-order valence-electron chi connectivity index (χ0n) is 10.4. The lowest BCUT2D eigenvalue weighted by atomic mass is 10.2. The monoisotopic (exact) mass is 252 g/mol. The van der Waals surface area contributed by atoms with Gasteiger partial charge in [0, 0.05) is 38.0 Å². The van der Waals surface area contributed by atoms with Crippen LogP contribution in [0.2, 0.25) is 0 Å². The number of aliphatic carboxylic acids is 1. The highest BCUT2D eigenvalue weighted by atomic mass is 16.5. The van der Waals surface area contributed by atoms with E-state index in [1.54, 1.807) is 30.3 Å². The number of anilines is 1. The van der Waals surface area contributed by atoms with Gasteiger partial charge < -0.3 is 19.5 Å². The molecule has 1 fully saturated rings. The first-order chi connectivity index (χ1) is 8.65. The standard InChI is InChI=1S/C12H16N2O4/c1-17-9-6-10(12(15)16)14(7-9)8-3-4-13-11(5-8)18-2/h3-5,9-10H,6-7H2,1-2H3,(H,15,16). The number of carboxylic acids is 1. The summed E-state index contributed by atoms with van der Waals surface area (Å²) in [7, 11) is 3.13. The highest BCUT2D eigenvalue weighted by molar-refractivity contribution is 5.79. The van der Waals surface area contributed by atoms with Crippen molar-refractivity contribution in [1.29, 1.82) is 0 Å². The van der Waals surface area contributed by atoms with E-state index < -0.39 is 12.0 Å². The van der Waals surface area contributed by atoms with Crippen LogP contribution in [0.3, 0.4) is 0 Å². The molecule has 1 aromatic rings. The summed E-state index contributed by atoms with van der Waals surface area (Å²) in [6.45, 7) is 0.556. The Morgan fingerprint density at radius 3 is 2.94 bits per heavy atom. The molecule has 2 atom stereocenters. The summed E-state index contributed by atoms with van der Waals surface area (Å²) in [5.74, 6) is -0.372. The first-order valence-corrected chi connectivity index (χ1v) is 5.68. The van der Waals surface area contributed by atoms with Crippen LogP contribution in [0.25, 0.3) is 0 Å². The van der Waals surface area contributed by atoms with Crippen LogP contribution < -0.4 is 9.64 Å². The second kappa shape index (κ2) is 5.22. The highest BCUT2D eigenvalue weighted by Crippen LogP contribution is 2.28. The molecule has 98 valence electrons. The average molecular weight is 252 g/mol. The number of nitrogens with zero attached hydrogens (tertiary/aromatic N) is 2. The van der Waals surface area contributed by atoms with Crippen molar-refractivity contribution in [3.8, 4) is 5.88 Å². The van der Waals surface area contributed by atoms with Crippen molar-refractivity contribution in [3.05, 3.63) is 18.3 Å². The van der Waals surface area contributed by atoms with Gasteiger partial charge in [0.15, 0.2) is 0 Å². The van der Waals surface area contributed by atoms with E-state index >= 15 is 0 Å². The SMILES string of the molecule is COc1cc(N2CC(OC)CC2C(=O)O)ccn1. The second-order valence-electron chi connectivity index (χ2n) is 4.16. The van der Waals surface area contributed by atoms with Gasteiger partial charge in [0.05, 0.1) is 13.2 Å². The minimum Gasteiger partial charge on any atom is -0.481 e. The number of rotatable bonds is 4. The van der Waals surface area contributed by atoms with Crippen molar-refractivity contribution in [2.45, 2.75) is 18.6 Å². The molecular weight excluding hydrogens is 236 g/mol. The van der Waals surface area contributed by atoms with Crippen molar-refractivity contribution >= 4 is 11.7 Å². The molecular formula is C12H16N2O4. The lowest BCUT2D eigenvalue weighted by Gasteiger charge is -2.23. The molecule has 2 rings (SSSR count). The topological polar surface area (TPSA) is 71.9 Å². The summed E-state index contributed by atoms with van der Waals surface area (Å²) >= 11 is 0. The Hall–Kier alpha value is -1.82. The van der Waals surface area contributed by atoms with E-state index in [9.17, 15) is 9.90 Å². The molecule has 1 N–H and O–H groups in total. The maximum atomic E-state index is 11.3. The van der Waals surface area contributed by atoms with Gasteiger partial charge in [0.25, 0.3) is 0 Å². The molecule has 1 saturated heterocycles. The number of ether oxygens (including phenoxy) is 2. The Morgan fingerprint density at radius 2 is 2.33 bits per heavy atom. The van der Waals surface area contributed by atoms with Crippen LogP contribution in [0, 0.1) is 0 Å². The first-order valence-electron chi connectivity index (χ1n) is 5.68. The molecule has 2 heterocycles. The second-order valence-corrected chi connectivity index (χ2v) is 4.16. The van der Waals surface area contributed by atoms with Gasteiger partial charge in [0.1, 0.15) is 6.04 Å². The fraction of sp³-hybridized carbons (Fsp3) is 0.500. The zero-order valence-corrected chi connectivity index (χ0v) is 10.4. The van der Waals surface area contributed by atoms with Crippen LogP contribution in [0.1, 0.15) is 6.42 Å². The molecule has 2 unspecified atom stereocenters. The molecule has 0 amide bonds. The highest BCUT2D eigenvalue weighted by Gasteiger charge is 2.37. The summed E-state index contributed by atoms with van der Waals surface area (Å²) in [4.78, 5) is 17.1. The Bertz CT molecular complexity index is 438. The van der Waals surface area contributed by atoms with Gasteiger partial charge in [-0.05, 0) is 6.07 Å². The maximum Gasteiger partial charge on any atom is 0.326 e. The van der Waals surface area contributed by atoms with Gasteiger partial charge in [0.2, 0.25) is 5.88 Å². The molecule has 1 aromatic heterocycles. The Morgan fingerprint density at radius 1 is 1.56 bits per heavy atom. The molecule has 18 heavy (non-hydrogen) atoms. The third kappa shape index (κ3) is 2.38. The van der Waals surface area contributed by atoms with Gasteiger partial charge in [-0.3, -0.25) is 0 Å². The number of hydrogen-bond donors (Lipinski definition) is 1. The van der Waals surface area contributed by atoms with Gasteiger partial charge in [-0.25, -0.2) is 9.78 Å². The average Bonchev–Trinajstić information content (AvgIpc) is 2.83. The molecule has 0 bridgehead atoms. The van der Waals surface area contributed by atoms with Gasteiger partial charge in [-0.1, -0.05) is 0 Å². The molecule has 1 aliphatic heterocycles. The molecule has 0 saturated carbocycles. The lowest BCUT2D eigenvalue weighted by molar-refractivity contribution is -0.138. The van der Waals surface area contributed by atoms with Crippen LogP contribution in [0.15, 0.2) is 18.3 Å². The Labute approximate surface area is 105 Å². The van der Waals surface area contributed by atoms with Crippen LogP contribution in [-0.2, 0) is 9.53 Å². The van der Waals surface area contributed by atoms with E-state index in [0.717, 1.165) is 5.69 Å². The number of methoxy groups -OCH3 is 2.